The van der Waals surface area contributed by atoms with Crippen LogP contribution in [0.2, 0.25) is 0 Å². The summed E-state index contributed by atoms with van der Waals surface area (Å²) in [4.78, 5) is 12.3. The normalized spacial score (nSPS) is 20.8. The van der Waals surface area contributed by atoms with Crippen molar-refractivity contribution in [1.82, 2.24) is 5.32 Å². The van der Waals surface area contributed by atoms with Gasteiger partial charge in [-0.3, -0.25) is 4.79 Å². The van der Waals surface area contributed by atoms with Crippen LogP contribution in [-0.2, 0) is 0 Å². The van der Waals surface area contributed by atoms with E-state index in [1.54, 1.807) is 0 Å². The van der Waals surface area contributed by atoms with Gasteiger partial charge in [-0.1, -0.05) is 12.1 Å². The highest BCUT2D eigenvalue weighted by molar-refractivity contribution is 6.01. The van der Waals surface area contributed by atoms with E-state index in [0.717, 1.165) is 42.8 Å². The lowest BCUT2D eigenvalue weighted by Crippen LogP contribution is -2.49. The van der Waals surface area contributed by atoms with Gasteiger partial charge in [0.1, 0.15) is 11.4 Å². The van der Waals surface area contributed by atoms with Crippen LogP contribution in [-0.4, -0.2) is 24.5 Å². The molecule has 1 aromatic rings. The van der Waals surface area contributed by atoms with Crippen molar-refractivity contribution in [3.8, 4) is 5.75 Å². The van der Waals surface area contributed by atoms with Crippen LogP contribution in [0.1, 0.15) is 35.2 Å². The summed E-state index contributed by atoms with van der Waals surface area (Å²) in [7, 11) is 0. The van der Waals surface area contributed by atoms with Crippen LogP contribution in [0.25, 0.3) is 0 Å². The zero-order chi connectivity index (χ0) is 11.9. The highest BCUT2D eigenvalue weighted by Gasteiger charge is 2.41. The Bertz CT molecular complexity index is 467. The van der Waals surface area contributed by atoms with Crippen LogP contribution in [0.4, 0.5) is 0 Å². The number of rotatable bonds is 0. The molecule has 0 unspecified atom stereocenters. The molecule has 1 aromatic carbocycles. The fourth-order valence-electron chi connectivity index (χ4n) is 2.89. The molecule has 0 amide bonds. The van der Waals surface area contributed by atoms with E-state index in [2.05, 4.69) is 5.32 Å². The smallest absolute Gasteiger partial charge is 0.170 e. The SMILES string of the molecule is Cc1cccc2c1C(=O)CC1(CCNCC1)O2.Cl. The van der Waals surface area contributed by atoms with E-state index >= 15 is 0 Å². The van der Waals surface area contributed by atoms with Crippen LogP contribution in [0.3, 0.4) is 0 Å². The Balaban J connectivity index is 0.00000120. The number of carbonyl (C=O) groups is 1. The molecular weight excluding hydrogens is 250 g/mol. The van der Waals surface area contributed by atoms with Gasteiger partial charge in [0.2, 0.25) is 0 Å². The van der Waals surface area contributed by atoms with Crippen molar-refractivity contribution in [1.29, 1.82) is 0 Å². The van der Waals surface area contributed by atoms with Crippen molar-refractivity contribution < 1.29 is 9.53 Å². The number of ether oxygens (including phenoxy) is 1. The second-order valence-electron chi connectivity index (χ2n) is 5.08. The molecule has 2 heterocycles. The second kappa shape index (κ2) is 4.90. The summed E-state index contributed by atoms with van der Waals surface area (Å²) in [6.07, 6.45) is 2.38. The standard InChI is InChI=1S/C14H17NO2.ClH/c1-10-3-2-4-12-13(10)11(16)9-14(17-12)5-7-15-8-6-14;/h2-4,15H,5-9H2,1H3;1H. The topological polar surface area (TPSA) is 38.3 Å². The van der Waals surface area contributed by atoms with Crippen LogP contribution in [0.5, 0.6) is 5.75 Å². The molecule has 2 aliphatic rings. The number of hydrogen-bond acceptors (Lipinski definition) is 3. The molecule has 0 atom stereocenters. The lowest BCUT2D eigenvalue weighted by atomic mass is 9.82. The van der Waals surface area contributed by atoms with Gasteiger partial charge < -0.3 is 10.1 Å². The van der Waals surface area contributed by atoms with E-state index < -0.39 is 0 Å². The maximum atomic E-state index is 12.3. The summed E-state index contributed by atoms with van der Waals surface area (Å²) in [5.74, 6) is 1.02. The predicted molar refractivity (Wildman–Crippen MR) is 72.8 cm³/mol. The first-order valence-corrected chi connectivity index (χ1v) is 6.23. The first kappa shape index (κ1) is 13.4. The summed E-state index contributed by atoms with van der Waals surface area (Å²) < 4.78 is 6.15. The van der Waals surface area contributed by atoms with Crippen molar-refractivity contribution in [2.75, 3.05) is 13.1 Å². The molecule has 98 valence electrons. The molecule has 0 bridgehead atoms. The molecule has 3 rings (SSSR count). The summed E-state index contributed by atoms with van der Waals surface area (Å²) in [6, 6.07) is 5.85. The first-order chi connectivity index (χ1) is 8.20. The third kappa shape index (κ3) is 2.13. The van der Waals surface area contributed by atoms with Gasteiger partial charge in [-0.15, -0.1) is 12.4 Å². The van der Waals surface area contributed by atoms with E-state index in [1.807, 2.05) is 25.1 Å². The van der Waals surface area contributed by atoms with E-state index in [1.165, 1.54) is 0 Å². The Morgan fingerprint density at radius 3 is 2.72 bits per heavy atom. The van der Waals surface area contributed by atoms with Crippen molar-refractivity contribution in [3.05, 3.63) is 29.3 Å². The zero-order valence-electron chi connectivity index (χ0n) is 10.5. The molecule has 4 heteroatoms. The van der Waals surface area contributed by atoms with Crippen molar-refractivity contribution in [2.24, 2.45) is 0 Å². The molecule has 18 heavy (non-hydrogen) atoms. The first-order valence-electron chi connectivity index (χ1n) is 6.23. The van der Waals surface area contributed by atoms with Gasteiger partial charge in [0.15, 0.2) is 5.78 Å². The number of fused-ring (bicyclic) bond motifs is 1. The highest BCUT2D eigenvalue weighted by atomic mass is 35.5. The van der Waals surface area contributed by atoms with Crippen molar-refractivity contribution in [2.45, 2.75) is 31.8 Å². The van der Waals surface area contributed by atoms with Gasteiger partial charge in [-0.05, 0) is 31.6 Å². The molecule has 1 fully saturated rings. The maximum Gasteiger partial charge on any atom is 0.170 e. The number of carbonyl (C=O) groups excluding carboxylic acids is 1. The van der Waals surface area contributed by atoms with Crippen LogP contribution in [0.15, 0.2) is 18.2 Å². The van der Waals surface area contributed by atoms with Crippen LogP contribution >= 0.6 is 12.4 Å². The lowest BCUT2D eigenvalue weighted by molar-refractivity contribution is 0.0186. The Hall–Kier alpha value is -1.06. The summed E-state index contributed by atoms with van der Waals surface area (Å²) >= 11 is 0. The molecule has 3 nitrogen and oxygen atoms in total. The van der Waals surface area contributed by atoms with E-state index in [9.17, 15) is 4.79 Å². The van der Waals surface area contributed by atoms with E-state index in [4.69, 9.17) is 4.74 Å². The van der Waals surface area contributed by atoms with E-state index in [0.29, 0.717) is 6.42 Å². The lowest BCUT2D eigenvalue weighted by Gasteiger charge is -2.41. The number of hydrogen-bond donors (Lipinski definition) is 1. The number of ketones is 1. The number of Topliss-reactive ketones (excluding diaryl/α,β-unsaturated/α-hetero) is 1. The number of piperidine rings is 1. The maximum absolute atomic E-state index is 12.3. The summed E-state index contributed by atoms with van der Waals surface area (Å²) in [6.45, 7) is 3.85. The van der Waals surface area contributed by atoms with Crippen molar-refractivity contribution in [3.63, 3.8) is 0 Å². The number of halogens is 1. The fourth-order valence-corrected chi connectivity index (χ4v) is 2.89. The van der Waals surface area contributed by atoms with Gasteiger partial charge in [-0.2, -0.15) is 0 Å². The van der Waals surface area contributed by atoms with E-state index in [-0.39, 0.29) is 23.8 Å². The Morgan fingerprint density at radius 2 is 2.00 bits per heavy atom. The molecule has 0 radical (unpaired) electrons. The van der Waals surface area contributed by atoms with Gasteiger partial charge in [0, 0.05) is 12.8 Å². The van der Waals surface area contributed by atoms with Crippen LogP contribution in [0, 0.1) is 6.92 Å². The quantitative estimate of drug-likeness (QED) is 0.785. The Morgan fingerprint density at radius 1 is 1.28 bits per heavy atom. The molecule has 0 aromatic heterocycles. The van der Waals surface area contributed by atoms with Crippen molar-refractivity contribution >= 4 is 18.2 Å². The predicted octanol–water partition coefficient (Wildman–Crippen LogP) is 2.50. The summed E-state index contributed by atoms with van der Waals surface area (Å²) in [5, 5.41) is 3.32. The minimum Gasteiger partial charge on any atom is -0.486 e. The van der Waals surface area contributed by atoms with Gasteiger partial charge >= 0.3 is 0 Å². The largest absolute Gasteiger partial charge is 0.486 e. The van der Waals surface area contributed by atoms with Gasteiger partial charge in [-0.25, -0.2) is 0 Å². The molecule has 1 N–H and O–H groups in total. The molecule has 0 aliphatic carbocycles. The second-order valence-corrected chi connectivity index (χ2v) is 5.08. The number of aryl methyl sites for hydroxylation is 1. The molecule has 1 saturated heterocycles. The minimum absolute atomic E-state index is 0. The monoisotopic (exact) mass is 267 g/mol. The molecule has 1 spiro atoms. The Kier molecular flexibility index (Phi) is 3.64. The molecule has 0 saturated carbocycles. The summed E-state index contributed by atoms with van der Waals surface area (Å²) in [5.41, 5.74) is 1.57. The fraction of sp³-hybridized carbons (Fsp3) is 0.500. The third-order valence-electron chi connectivity index (χ3n) is 3.84. The number of nitrogens with one attached hydrogen (secondary N) is 1. The number of benzene rings is 1. The average molecular weight is 268 g/mol. The molecule has 2 aliphatic heterocycles. The Labute approximate surface area is 113 Å². The van der Waals surface area contributed by atoms with Crippen LogP contribution < -0.4 is 10.1 Å². The zero-order valence-corrected chi connectivity index (χ0v) is 11.3. The van der Waals surface area contributed by atoms with Gasteiger partial charge in [0.05, 0.1) is 12.0 Å². The highest BCUT2D eigenvalue weighted by Crippen LogP contribution is 2.39. The van der Waals surface area contributed by atoms with Gasteiger partial charge in [0.25, 0.3) is 0 Å². The minimum atomic E-state index is -0.247. The molecular formula is C14H18ClNO2. The third-order valence-corrected chi connectivity index (χ3v) is 3.84. The average Bonchev–Trinajstić information content (AvgIpc) is 2.29.